The second kappa shape index (κ2) is 5.88. The first-order valence-electron chi connectivity index (χ1n) is 5.30. The van der Waals surface area contributed by atoms with E-state index in [2.05, 4.69) is 10.6 Å². The lowest BCUT2D eigenvalue weighted by atomic mass is 10.2. The van der Waals surface area contributed by atoms with Crippen LogP contribution < -0.4 is 10.6 Å². The van der Waals surface area contributed by atoms with Gasteiger partial charge in [-0.15, -0.1) is 0 Å². The Hall–Kier alpha value is -0.870. The fraction of sp³-hybridized carbons (Fsp3) is 0.727. The van der Waals surface area contributed by atoms with Crippen molar-refractivity contribution >= 4 is 5.91 Å². The molecule has 1 amide bonds. The molecule has 1 aliphatic rings. The van der Waals surface area contributed by atoms with Gasteiger partial charge in [0.2, 0.25) is 5.91 Å². The van der Waals surface area contributed by atoms with Crippen molar-refractivity contribution in [3.8, 4) is 0 Å². The molecule has 1 rings (SSSR count). The second-order valence-electron chi connectivity index (χ2n) is 4.08. The number of nitrogens with one attached hydrogen (secondary N) is 2. The first-order valence-corrected chi connectivity index (χ1v) is 5.30. The van der Waals surface area contributed by atoms with Crippen LogP contribution in [0.3, 0.4) is 0 Å². The van der Waals surface area contributed by atoms with Crippen LogP contribution in [0.2, 0.25) is 0 Å². The number of ether oxygens (including phenoxy) is 1. The number of methoxy groups -OCH3 is 1. The Morgan fingerprint density at radius 3 is 2.87 bits per heavy atom. The Bertz CT molecular complexity index is 247. The second-order valence-corrected chi connectivity index (χ2v) is 4.08. The first kappa shape index (κ1) is 12.2. The lowest BCUT2D eigenvalue weighted by Crippen LogP contribution is -2.40. The number of hydrogen-bond acceptors (Lipinski definition) is 3. The maximum Gasteiger partial charge on any atom is 0.237 e. The van der Waals surface area contributed by atoms with E-state index in [0.717, 1.165) is 13.0 Å². The quantitative estimate of drug-likeness (QED) is 0.665. The molecule has 0 aromatic carbocycles. The predicted molar refractivity (Wildman–Crippen MR) is 59.6 cm³/mol. The molecule has 4 heteroatoms. The summed E-state index contributed by atoms with van der Waals surface area (Å²) in [5.41, 5.74) is 1.21. The van der Waals surface area contributed by atoms with Gasteiger partial charge in [-0.2, -0.15) is 0 Å². The molecule has 0 aromatic heterocycles. The third-order valence-electron chi connectivity index (χ3n) is 2.53. The van der Waals surface area contributed by atoms with Gasteiger partial charge in [-0.05, 0) is 20.3 Å². The van der Waals surface area contributed by atoms with E-state index in [9.17, 15) is 4.79 Å². The van der Waals surface area contributed by atoms with Crippen LogP contribution in [-0.2, 0) is 9.53 Å². The molecular formula is C11H20N2O2. The summed E-state index contributed by atoms with van der Waals surface area (Å²) in [6.07, 6.45) is 2.93. The molecule has 1 fully saturated rings. The van der Waals surface area contributed by atoms with Crippen molar-refractivity contribution in [3.05, 3.63) is 11.6 Å². The topological polar surface area (TPSA) is 50.4 Å². The van der Waals surface area contributed by atoms with Crippen LogP contribution in [0, 0.1) is 0 Å². The van der Waals surface area contributed by atoms with Crippen LogP contribution in [0.25, 0.3) is 0 Å². The predicted octanol–water partition coefficient (Wildman–Crippen LogP) is 0.446. The summed E-state index contributed by atoms with van der Waals surface area (Å²) >= 11 is 0. The van der Waals surface area contributed by atoms with Gasteiger partial charge >= 0.3 is 0 Å². The lowest BCUT2D eigenvalue weighted by Gasteiger charge is -2.09. The SMILES string of the molecule is COC1CNC(C(=O)NCC=C(C)C)C1. The molecule has 1 aliphatic heterocycles. The molecule has 0 bridgehead atoms. The van der Waals surface area contributed by atoms with E-state index >= 15 is 0 Å². The summed E-state index contributed by atoms with van der Waals surface area (Å²) < 4.78 is 5.18. The molecule has 86 valence electrons. The zero-order valence-corrected chi connectivity index (χ0v) is 9.67. The van der Waals surface area contributed by atoms with Gasteiger partial charge in [-0.3, -0.25) is 4.79 Å². The van der Waals surface area contributed by atoms with Crippen molar-refractivity contribution < 1.29 is 9.53 Å². The summed E-state index contributed by atoms with van der Waals surface area (Å²) in [6, 6.07) is -0.0967. The minimum atomic E-state index is -0.0967. The number of carbonyl (C=O) groups excluding carboxylic acids is 1. The smallest absolute Gasteiger partial charge is 0.237 e. The zero-order chi connectivity index (χ0) is 11.3. The van der Waals surface area contributed by atoms with Gasteiger partial charge in [-0.25, -0.2) is 0 Å². The minimum absolute atomic E-state index is 0.0621. The van der Waals surface area contributed by atoms with Crippen molar-refractivity contribution in [2.75, 3.05) is 20.2 Å². The molecule has 1 saturated heterocycles. The summed E-state index contributed by atoms with van der Waals surface area (Å²) in [4.78, 5) is 11.6. The highest BCUT2D eigenvalue weighted by molar-refractivity contribution is 5.82. The van der Waals surface area contributed by atoms with Crippen LogP contribution >= 0.6 is 0 Å². The molecule has 4 nitrogen and oxygen atoms in total. The van der Waals surface area contributed by atoms with Gasteiger partial charge in [0, 0.05) is 20.2 Å². The van der Waals surface area contributed by atoms with Gasteiger partial charge < -0.3 is 15.4 Å². The minimum Gasteiger partial charge on any atom is -0.380 e. The highest BCUT2D eigenvalue weighted by atomic mass is 16.5. The van der Waals surface area contributed by atoms with Crippen LogP contribution in [-0.4, -0.2) is 38.3 Å². The molecule has 0 aliphatic carbocycles. The summed E-state index contributed by atoms with van der Waals surface area (Å²) in [5.74, 6) is 0.0621. The van der Waals surface area contributed by atoms with Gasteiger partial charge in [0.25, 0.3) is 0 Å². The van der Waals surface area contributed by atoms with Crippen molar-refractivity contribution in [2.24, 2.45) is 0 Å². The third kappa shape index (κ3) is 4.01. The molecule has 0 aromatic rings. The highest BCUT2D eigenvalue weighted by Gasteiger charge is 2.28. The number of carbonyl (C=O) groups is 1. The number of hydrogen-bond donors (Lipinski definition) is 2. The van der Waals surface area contributed by atoms with Crippen LogP contribution in [0.4, 0.5) is 0 Å². The highest BCUT2D eigenvalue weighted by Crippen LogP contribution is 2.09. The molecule has 0 saturated carbocycles. The Morgan fingerprint density at radius 2 is 2.33 bits per heavy atom. The van der Waals surface area contributed by atoms with Gasteiger partial charge in [0.05, 0.1) is 12.1 Å². The van der Waals surface area contributed by atoms with Crippen LogP contribution in [0.1, 0.15) is 20.3 Å². The third-order valence-corrected chi connectivity index (χ3v) is 2.53. The van der Waals surface area contributed by atoms with Crippen molar-refractivity contribution in [1.29, 1.82) is 0 Å². The first-order chi connectivity index (χ1) is 7.13. The molecule has 0 spiro atoms. The number of rotatable bonds is 4. The average molecular weight is 212 g/mol. The molecule has 2 unspecified atom stereocenters. The van der Waals surface area contributed by atoms with Gasteiger partial charge in [0.15, 0.2) is 0 Å². The van der Waals surface area contributed by atoms with Crippen molar-refractivity contribution in [3.63, 3.8) is 0 Å². The summed E-state index contributed by atoms with van der Waals surface area (Å²) in [7, 11) is 1.68. The van der Waals surface area contributed by atoms with E-state index in [1.54, 1.807) is 7.11 Å². The Kier molecular flexibility index (Phi) is 4.78. The van der Waals surface area contributed by atoms with E-state index in [0.29, 0.717) is 6.54 Å². The van der Waals surface area contributed by atoms with E-state index in [4.69, 9.17) is 4.74 Å². The number of allylic oxidation sites excluding steroid dienone is 1. The summed E-state index contributed by atoms with van der Waals surface area (Å²) in [6.45, 7) is 5.40. The van der Waals surface area contributed by atoms with Crippen molar-refractivity contribution in [2.45, 2.75) is 32.4 Å². The maximum atomic E-state index is 11.6. The largest absolute Gasteiger partial charge is 0.380 e. The van der Waals surface area contributed by atoms with Crippen LogP contribution in [0.15, 0.2) is 11.6 Å². The Labute approximate surface area is 91.1 Å². The normalized spacial score (nSPS) is 25.0. The molecule has 15 heavy (non-hydrogen) atoms. The molecule has 2 atom stereocenters. The van der Waals surface area contributed by atoms with E-state index < -0.39 is 0 Å². The maximum absolute atomic E-state index is 11.6. The number of amides is 1. The standard InChI is InChI=1S/C11H20N2O2/c1-8(2)4-5-12-11(14)10-6-9(15-3)7-13-10/h4,9-10,13H,5-7H2,1-3H3,(H,12,14). The molecule has 2 N–H and O–H groups in total. The molecule has 1 heterocycles. The molecule has 0 radical (unpaired) electrons. The Morgan fingerprint density at radius 1 is 1.60 bits per heavy atom. The van der Waals surface area contributed by atoms with E-state index in [1.807, 2.05) is 19.9 Å². The van der Waals surface area contributed by atoms with Crippen LogP contribution in [0.5, 0.6) is 0 Å². The van der Waals surface area contributed by atoms with E-state index in [1.165, 1.54) is 5.57 Å². The fourth-order valence-corrected chi connectivity index (χ4v) is 1.56. The zero-order valence-electron chi connectivity index (χ0n) is 9.67. The summed E-state index contributed by atoms with van der Waals surface area (Å²) in [5, 5.41) is 6.00. The van der Waals surface area contributed by atoms with Gasteiger partial charge in [0.1, 0.15) is 0 Å². The molecular weight excluding hydrogens is 192 g/mol. The average Bonchev–Trinajstić information content (AvgIpc) is 2.65. The fourth-order valence-electron chi connectivity index (χ4n) is 1.56. The lowest BCUT2D eigenvalue weighted by molar-refractivity contribution is -0.122. The van der Waals surface area contributed by atoms with Crippen molar-refractivity contribution in [1.82, 2.24) is 10.6 Å². The van der Waals surface area contributed by atoms with Gasteiger partial charge in [-0.1, -0.05) is 11.6 Å². The Balaban J connectivity index is 2.26. The van der Waals surface area contributed by atoms with E-state index in [-0.39, 0.29) is 18.1 Å². The monoisotopic (exact) mass is 212 g/mol.